The van der Waals surface area contributed by atoms with Crippen LogP contribution < -0.4 is 5.73 Å². The fourth-order valence-electron chi connectivity index (χ4n) is 0.842. The summed E-state index contributed by atoms with van der Waals surface area (Å²) in [5.41, 5.74) is 5.48. The van der Waals surface area contributed by atoms with Crippen LogP contribution in [0.25, 0.3) is 0 Å². The van der Waals surface area contributed by atoms with Crippen molar-refractivity contribution in [2.24, 2.45) is 5.73 Å². The molecule has 0 aliphatic heterocycles. The van der Waals surface area contributed by atoms with Gasteiger partial charge in [-0.05, 0) is 17.7 Å². The van der Waals surface area contributed by atoms with Gasteiger partial charge in [-0.1, -0.05) is 12.1 Å². The summed E-state index contributed by atoms with van der Waals surface area (Å²) >= 11 is 0. The van der Waals surface area contributed by atoms with Gasteiger partial charge in [0.15, 0.2) is 0 Å². The highest BCUT2D eigenvalue weighted by Gasteiger charge is 2.16. The van der Waals surface area contributed by atoms with E-state index < -0.39 is 12.5 Å². The second-order valence-electron chi connectivity index (χ2n) is 2.45. The summed E-state index contributed by atoms with van der Waals surface area (Å²) in [5, 5.41) is 8.85. The summed E-state index contributed by atoms with van der Waals surface area (Å²) in [7, 11) is 0. The van der Waals surface area contributed by atoms with Crippen molar-refractivity contribution in [3.05, 3.63) is 29.8 Å². The predicted octanol–water partition coefficient (Wildman–Crippen LogP) is 1.66. The Labute approximate surface area is 68.6 Å². The molecule has 66 valence electrons. The van der Waals surface area contributed by atoms with Gasteiger partial charge in [0.2, 0.25) is 0 Å². The molecule has 1 rings (SSSR count). The molecule has 3 N–H and O–H groups in total. The van der Waals surface area contributed by atoms with Crippen LogP contribution in [0, 0.1) is 0 Å². The number of hydrogen-bond acceptors (Lipinski definition) is 2. The van der Waals surface area contributed by atoms with Crippen LogP contribution in [0.2, 0.25) is 0 Å². The standard InChI is InChI=1S/C8H9F2NO/c9-8(10)7(11)5-1-3-6(12)4-2-5/h1-4,7-8,12H,11H2/t7-/m1/s1. The zero-order valence-corrected chi connectivity index (χ0v) is 6.24. The van der Waals surface area contributed by atoms with Gasteiger partial charge in [-0.15, -0.1) is 0 Å². The second kappa shape index (κ2) is 3.49. The van der Waals surface area contributed by atoms with Gasteiger partial charge >= 0.3 is 0 Å². The van der Waals surface area contributed by atoms with Gasteiger partial charge in [-0.2, -0.15) is 0 Å². The molecular weight excluding hydrogens is 164 g/mol. The maximum atomic E-state index is 12.0. The molecule has 0 aliphatic carbocycles. The van der Waals surface area contributed by atoms with Gasteiger partial charge in [-0.3, -0.25) is 0 Å². The maximum absolute atomic E-state index is 12.0. The Morgan fingerprint density at radius 3 is 2.08 bits per heavy atom. The van der Waals surface area contributed by atoms with Crippen molar-refractivity contribution < 1.29 is 13.9 Å². The first-order valence-corrected chi connectivity index (χ1v) is 3.44. The van der Waals surface area contributed by atoms with Gasteiger partial charge in [-0.25, -0.2) is 8.78 Å². The zero-order valence-electron chi connectivity index (χ0n) is 6.24. The first kappa shape index (κ1) is 8.93. The van der Waals surface area contributed by atoms with E-state index in [1.807, 2.05) is 0 Å². The summed E-state index contributed by atoms with van der Waals surface area (Å²) in [5.74, 6) is 0.0419. The Kier molecular flexibility index (Phi) is 2.60. The number of phenolic OH excluding ortho intramolecular Hbond substituents is 1. The first-order chi connectivity index (χ1) is 5.61. The second-order valence-corrected chi connectivity index (χ2v) is 2.45. The highest BCUT2D eigenvalue weighted by molar-refractivity contribution is 5.28. The van der Waals surface area contributed by atoms with Crippen LogP contribution in [-0.2, 0) is 0 Å². The molecule has 0 bridgehead atoms. The molecule has 0 amide bonds. The van der Waals surface area contributed by atoms with E-state index in [0.717, 1.165) is 0 Å². The van der Waals surface area contributed by atoms with Gasteiger partial charge in [0, 0.05) is 0 Å². The fourth-order valence-corrected chi connectivity index (χ4v) is 0.842. The summed E-state index contributed by atoms with van der Waals surface area (Å²) in [6, 6.07) is 4.15. The molecule has 0 saturated heterocycles. The molecule has 12 heavy (non-hydrogen) atoms. The van der Waals surface area contributed by atoms with E-state index in [9.17, 15) is 8.78 Å². The number of halogens is 2. The maximum Gasteiger partial charge on any atom is 0.257 e. The lowest BCUT2D eigenvalue weighted by Gasteiger charge is -2.09. The lowest BCUT2D eigenvalue weighted by atomic mass is 10.1. The number of hydrogen-bond donors (Lipinski definition) is 2. The van der Waals surface area contributed by atoms with Crippen molar-refractivity contribution in [2.75, 3.05) is 0 Å². The van der Waals surface area contributed by atoms with E-state index in [0.29, 0.717) is 5.56 Å². The lowest BCUT2D eigenvalue weighted by Crippen LogP contribution is -2.18. The molecule has 0 heterocycles. The molecule has 0 unspecified atom stereocenters. The average molecular weight is 173 g/mol. The Hall–Kier alpha value is -1.16. The Morgan fingerprint density at radius 2 is 1.67 bits per heavy atom. The molecule has 0 fully saturated rings. The Morgan fingerprint density at radius 1 is 1.17 bits per heavy atom. The van der Waals surface area contributed by atoms with Crippen LogP contribution in [0.15, 0.2) is 24.3 Å². The summed E-state index contributed by atoms with van der Waals surface area (Å²) in [6.45, 7) is 0. The van der Waals surface area contributed by atoms with E-state index in [1.54, 1.807) is 0 Å². The SMILES string of the molecule is N[C@H](c1ccc(O)cc1)C(F)F. The minimum atomic E-state index is -2.57. The van der Waals surface area contributed by atoms with Gasteiger partial charge in [0.1, 0.15) is 5.75 Å². The van der Waals surface area contributed by atoms with Crippen molar-refractivity contribution in [1.29, 1.82) is 0 Å². The molecular formula is C8H9F2NO. The lowest BCUT2D eigenvalue weighted by molar-refractivity contribution is 0.116. The number of alkyl halides is 2. The van der Waals surface area contributed by atoms with Crippen molar-refractivity contribution in [3.8, 4) is 5.75 Å². The van der Waals surface area contributed by atoms with Crippen LogP contribution in [0.1, 0.15) is 11.6 Å². The molecule has 1 atom stereocenters. The van der Waals surface area contributed by atoms with E-state index >= 15 is 0 Å². The molecule has 0 spiro atoms. The summed E-state index contributed by atoms with van der Waals surface area (Å²) < 4.78 is 24.1. The molecule has 2 nitrogen and oxygen atoms in total. The Bertz CT molecular complexity index is 248. The topological polar surface area (TPSA) is 46.2 Å². The van der Waals surface area contributed by atoms with Crippen molar-refractivity contribution in [1.82, 2.24) is 0 Å². The van der Waals surface area contributed by atoms with E-state index in [1.165, 1.54) is 24.3 Å². The smallest absolute Gasteiger partial charge is 0.257 e. The minimum absolute atomic E-state index is 0.0419. The van der Waals surface area contributed by atoms with E-state index in [-0.39, 0.29) is 5.75 Å². The molecule has 1 aromatic rings. The molecule has 0 saturated carbocycles. The number of phenols is 1. The number of nitrogens with two attached hydrogens (primary N) is 1. The van der Waals surface area contributed by atoms with Crippen molar-refractivity contribution in [3.63, 3.8) is 0 Å². The first-order valence-electron chi connectivity index (χ1n) is 3.44. The van der Waals surface area contributed by atoms with Crippen LogP contribution >= 0.6 is 0 Å². The van der Waals surface area contributed by atoms with Crippen molar-refractivity contribution in [2.45, 2.75) is 12.5 Å². The third kappa shape index (κ3) is 1.92. The third-order valence-electron chi connectivity index (χ3n) is 1.55. The normalized spacial score (nSPS) is 13.3. The highest BCUT2D eigenvalue weighted by atomic mass is 19.3. The van der Waals surface area contributed by atoms with Gasteiger partial charge < -0.3 is 10.8 Å². The van der Waals surface area contributed by atoms with Gasteiger partial charge in [0.25, 0.3) is 6.43 Å². The quantitative estimate of drug-likeness (QED) is 0.714. The highest BCUT2D eigenvalue weighted by Crippen LogP contribution is 2.19. The van der Waals surface area contributed by atoms with Crippen molar-refractivity contribution >= 4 is 0 Å². The van der Waals surface area contributed by atoms with Crippen LogP contribution in [0.5, 0.6) is 5.75 Å². The number of rotatable bonds is 2. The van der Waals surface area contributed by atoms with E-state index in [4.69, 9.17) is 10.8 Å². The van der Waals surface area contributed by atoms with Crippen LogP contribution in [0.3, 0.4) is 0 Å². The fraction of sp³-hybridized carbons (Fsp3) is 0.250. The third-order valence-corrected chi connectivity index (χ3v) is 1.55. The van der Waals surface area contributed by atoms with E-state index in [2.05, 4.69) is 0 Å². The monoisotopic (exact) mass is 173 g/mol. The molecule has 0 radical (unpaired) electrons. The van der Waals surface area contributed by atoms with Gasteiger partial charge in [0.05, 0.1) is 6.04 Å². The van der Waals surface area contributed by atoms with Crippen LogP contribution in [0.4, 0.5) is 8.78 Å². The number of benzene rings is 1. The van der Waals surface area contributed by atoms with Crippen LogP contribution in [-0.4, -0.2) is 11.5 Å². The predicted molar refractivity (Wildman–Crippen MR) is 41.0 cm³/mol. The zero-order chi connectivity index (χ0) is 9.14. The summed E-state index contributed by atoms with van der Waals surface area (Å²) in [6.07, 6.45) is -2.57. The summed E-state index contributed by atoms with van der Waals surface area (Å²) in [4.78, 5) is 0. The number of aromatic hydroxyl groups is 1. The molecule has 4 heteroatoms. The minimum Gasteiger partial charge on any atom is -0.508 e. The molecule has 0 aliphatic rings. The molecule has 1 aromatic carbocycles. The average Bonchev–Trinajstić information content (AvgIpc) is 2.04. The largest absolute Gasteiger partial charge is 0.508 e. The molecule has 0 aromatic heterocycles. The Balaban J connectivity index is 2.82.